The number of methoxy groups -OCH3 is 1. The highest BCUT2D eigenvalue weighted by atomic mass is 35.5. The molecular formula is C18H26Cl2N4O4. The number of ether oxygens (including phenoxy) is 2. The van der Waals surface area contributed by atoms with E-state index >= 15 is 0 Å². The second-order valence-corrected chi connectivity index (χ2v) is 7.13. The van der Waals surface area contributed by atoms with Crippen LogP contribution >= 0.6 is 24.0 Å². The minimum absolute atomic E-state index is 0. The highest BCUT2D eigenvalue weighted by molar-refractivity contribution is 6.32. The van der Waals surface area contributed by atoms with Gasteiger partial charge in [0.15, 0.2) is 18.1 Å². The molecule has 8 nitrogen and oxygen atoms in total. The van der Waals surface area contributed by atoms with Gasteiger partial charge < -0.3 is 25.4 Å². The van der Waals surface area contributed by atoms with E-state index in [-0.39, 0.29) is 35.7 Å². The van der Waals surface area contributed by atoms with Crippen molar-refractivity contribution in [2.24, 2.45) is 5.73 Å². The van der Waals surface area contributed by atoms with Crippen LogP contribution in [0, 0.1) is 0 Å². The number of halogens is 2. The van der Waals surface area contributed by atoms with Crippen molar-refractivity contribution >= 4 is 35.8 Å². The Morgan fingerprint density at radius 1 is 1.29 bits per heavy atom. The molecule has 0 aliphatic carbocycles. The van der Waals surface area contributed by atoms with E-state index in [0.717, 1.165) is 32.6 Å². The van der Waals surface area contributed by atoms with Crippen molar-refractivity contribution in [1.29, 1.82) is 0 Å². The van der Waals surface area contributed by atoms with E-state index in [2.05, 4.69) is 10.2 Å². The van der Waals surface area contributed by atoms with Gasteiger partial charge in [0.25, 0.3) is 11.8 Å². The second kappa shape index (κ2) is 10.2. The molecular weight excluding hydrogens is 407 g/mol. The van der Waals surface area contributed by atoms with Gasteiger partial charge >= 0.3 is 0 Å². The Balaban J connectivity index is 0.00000280. The lowest BCUT2D eigenvalue weighted by atomic mass is 10.1. The van der Waals surface area contributed by atoms with Gasteiger partial charge in [-0.05, 0) is 18.6 Å². The van der Waals surface area contributed by atoms with E-state index in [4.69, 9.17) is 26.8 Å². The zero-order chi connectivity index (χ0) is 19.4. The molecule has 1 aromatic rings. The maximum atomic E-state index is 12.9. The summed E-state index contributed by atoms with van der Waals surface area (Å²) >= 11 is 6.25. The molecule has 1 atom stereocenters. The van der Waals surface area contributed by atoms with Gasteiger partial charge in [-0.1, -0.05) is 11.6 Å². The Kier molecular flexibility index (Phi) is 8.18. The number of primary amides is 1. The van der Waals surface area contributed by atoms with Gasteiger partial charge in [0.2, 0.25) is 0 Å². The van der Waals surface area contributed by atoms with Gasteiger partial charge in [-0.15, -0.1) is 12.4 Å². The molecule has 28 heavy (non-hydrogen) atoms. The van der Waals surface area contributed by atoms with Gasteiger partial charge in [-0.25, -0.2) is 0 Å². The van der Waals surface area contributed by atoms with Gasteiger partial charge in [0.1, 0.15) is 0 Å². The van der Waals surface area contributed by atoms with Crippen LogP contribution in [0.2, 0.25) is 5.02 Å². The van der Waals surface area contributed by atoms with E-state index in [1.165, 1.54) is 7.11 Å². The maximum absolute atomic E-state index is 12.9. The number of piperazine rings is 1. The van der Waals surface area contributed by atoms with Crippen molar-refractivity contribution in [3.63, 3.8) is 0 Å². The van der Waals surface area contributed by atoms with Crippen LogP contribution in [0.3, 0.4) is 0 Å². The van der Waals surface area contributed by atoms with Crippen molar-refractivity contribution < 1.29 is 19.1 Å². The van der Waals surface area contributed by atoms with Gasteiger partial charge in [0, 0.05) is 50.9 Å². The molecule has 0 spiro atoms. The highest BCUT2D eigenvalue weighted by Gasteiger charge is 2.32. The topological polar surface area (TPSA) is 97.1 Å². The number of benzene rings is 1. The van der Waals surface area contributed by atoms with Crippen molar-refractivity contribution in [2.75, 3.05) is 53.0 Å². The molecule has 0 aromatic heterocycles. The number of carbonyl (C=O) groups excluding carboxylic acids is 2. The summed E-state index contributed by atoms with van der Waals surface area (Å²) in [5, 5.41) is 3.55. The molecule has 156 valence electrons. The summed E-state index contributed by atoms with van der Waals surface area (Å²) in [4.78, 5) is 28.2. The van der Waals surface area contributed by atoms with E-state index in [0.29, 0.717) is 30.4 Å². The summed E-state index contributed by atoms with van der Waals surface area (Å²) < 4.78 is 10.6. The number of nitrogens with one attached hydrogen (secondary N) is 1. The third-order valence-corrected chi connectivity index (χ3v) is 5.23. The summed E-state index contributed by atoms with van der Waals surface area (Å²) in [6.45, 7) is 5.11. The minimum Gasteiger partial charge on any atom is -0.493 e. The standard InChI is InChI=1S/C18H25ClN4O4.ClH/c1-26-15-9-12(8-14(19)17(15)27-11-16(20)24)18(25)23-5-2-13(10-23)22-6-3-21-4-7-22;/h8-9,13,21H,2-7,10-11H2,1H3,(H2,20,24);1H. The minimum atomic E-state index is -0.621. The number of rotatable bonds is 6. The molecule has 2 amide bonds. The van der Waals surface area contributed by atoms with Crippen LogP contribution in [0.25, 0.3) is 0 Å². The molecule has 0 bridgehead atoms. The molecule has 2 saturated heterocycles. The Hall–Kier alpha value is -1.74. The zero-order valence-electron chi connectivity index (χ0n) is 15.8. The van der Waals surface area contributed by atoms with Crippen molar-refractivity contribution in [1.82, 2.24) is 15.1 Å². The van der Waals surface area contributed by atoms with E-state index in [1.54, 1.807) is 12.1 Å². The normalized spacial score (nSPS) is 19.8. The fourth-order valence-corrected chi connectivity index (χ4v) is 3.85. The lowest BCUT2D eigenvalue weighted by Gasteiger charge is -2.32. The molecule has 2 heterocycles. The van der Waals surface area contributed by atoms with Crippen LogP contribution in [0.1, 0.15) is 16.8 Å². The van der Waals surface area contributed by atoms with Crippen LogP contribution in [0.15, 0.2) is 12.1 Å². The van der Waals surface area contributed by atoms with Crippen LogP contribution in [-0.2, 0) is 4.79 Å². The molecule has 10 heteroatoms. The lowest BCUT2D eigenvalue weighted by molar-refractivity contribution is -0.119. The van der Waals surface area contributed by atoms with Crippen molar-refractivity contribution in [3.05, 3.63) is 22.7 Å². The van der Waals surface area contributed by atoms with Gasteiger partial charge in [-0.2, -0.15) is 0 Å². The Morgan fingerprint density at radius 3 is 2.64 bits per heavy atom. The fraction of sp³-hybridized carbons (Fsp3) is 0.556. The second-order valence-electron chi connectivity index (χ2n) is 6.72. The number of likely N-dealkylation sites (tertiary alicyclic amines) is 1. The summed E-state index contributed by atoms with van der Waals surface area (Å²) in [7, 11) is 1.45. The lowest BCUT2D eigenvalue weighted by Crippen LogP contribution is -2.49. The molecule has 1 unspecified atom stereocenters. The average Bonchev–Trinajstić information content (AvgIpc) is 3.16. The molecule has 2 aliphatic heterocycles. The van der Waals surface area contributed by atoms with Crippen molar-refractivity contribution in [3.8, 4) is 11.5 Å². The molecule has 2 fully saturated rings. The fourth-order valence-electron chi connectivity index (χ4n) is 3.58. The third kappa shape index (κ3) is 5.20. The van der Waals surface area contributed by atoms with Gasteiger partial charge in [0.05, 0.1) is 12.1 Å². The van der Waals surface area contributed by atoms with Crippen LogP contribution in [-0.4, -0.2) is 80.6 Å². The molecule has 0 saturated carbocycles. The van der Waals surface area contributed by atoms with Gasteiger partial charge in [-0.3, -0.25) is 14.5 Å². The van der Waals surface area contributed by atoms with Crippen LogP contribution in [0.5, 0.6) is 11.5 Å². The summed E-state index contributed by atoms with van der Waals surface area (Å²) in [5.74, 6) is -0.210. The zero-order valence-corrected chi connectivity index (χ0v) is 17.4. The summed E-state index contributed by atoms with van der Waals surface area (Å²) in [6.07, 6.45) is 0.969. The summed E-state index contributed by atoms with van der Waals surface area (Å²) in [6, 6.07) is 3.52. The predicted octanol–water partition coefficient (Wildman–Crippen LogP) is 0.754. The first-order valence-corrected chi connectivity index (χ1v) is 9.40. The highest BCUT2D eigenvalue weighted by Crippen LogP contribution is 2.37. The van der Waals surface area contributed by atoms with E-state index in [1.807, 2.05) is 4.90 Å². The first kappa shape index (κ1) is 22.5. The van der Waals surface area contributed by atoms with E-state index in [9.17, 15) is 9.59 Å². The van der Waals surface area contributed by atoms with Crippen molar-refractivity contribution in [2.45, 2.75) is 12.5 Å². The molecule has 0 radical (unpaired) electrons. The Bertz CT molecular complexity index is 713. The SMILES string of the molecule is COc1cc(C(=O)N2CCC(N3CCNCC3)C2)cc(Cl)c1OCC(N)=O.Cl. The number of carbonyl (C=O) groups is 2. The smallest absolute Gasteiger partial charge is 0.255 e. The first-order valence-electron chi connectivity index (χ1n) is 9.02. The van der Waals surface area contributed by atoms with Crippen LogP contribution < -0.4 is 20.5 Å². The Morgan fingerprint density at radius 2 is 2.00 bits per heavy atom. The summed E-state index contributed by atoms with van der Waals surface area (Å²) in [5.41, 5.74) is 5.54. The number of nitrogens with two attached hydrogens (primary N) is 1. The number of amides is 2. The average molecular weight is 433 g/mol. The number of hydrogen-bond donors (Lipinski definition) is 2. The first-order chi connectivity index (χ1) is 13.0. The van der Waals surface area contributed by atoms with Crippen LogP contribution in [0.4, 0.5) is 0 Å². The monoisotopic (exact) mass is 432 g/mol. The number of nitrogens with zero attached hydrogens (tertiary/aromatic N) is 2. The maximum Gasteiger partial charge on any atom is 0.255 e. The molecule has 3 rings (SSSR count). The molecule has 1 aromatic carbocycles. The quantitative estimate of drug-likeness (QED) is 0.688. The third-order valence-electron chi connectivity index (χ3n) is 4.95. The molecule has 2 aliphatic rings. The predicted molar refractivity (Wildman–Crippen MR) is 109 cm³/mol. The Labute approximate surface area is 175 Å². The largest absolute Gasteiger partial charge is 0.493 e. The van der Waals surface area contributed by atoms with E-state index < -0.39 is 5.91 Å². The number of hydrogen-bond acceptors (Lipinski definition) is 6. The molecule has 3 N–H and O–H groups in total.